The number of carbonyl (C=O) groups excluding carboxylic acids is 1. The van der Waals surface area contributed by atoms with E-state index in [4.69, 9.17) is 16.3 Å². The maximum Gasteiger partial charge on any atom is 0.362 e. The summed E-state index contributed by atoms with van der Waals surface area (Å²) in [6.45, 7) is 0. The first-order valence-electron chi connectivity index (χ1n) is 4.49. The summed E-state index contributed by atoms with van der Waals surface area (Å²) in [4.78, 5) is 19.2. The molecular weight excluding hydrogens is 228 g/mol. The van der Waals surface area contributed by atoms with Crippen LogP contribution in [0, 0.1) is 0 Å². The molecule has 5 heteroatoms. The lowest BCUT2D eigenvalue weighted by Crippen LogP contribution is -2.10. The number of hydrogen-bond acceptors (Lipinski definition) is 4. The monoisotopic (exact) mass is 234 g/mol. The Labute approximate surface area is 96.9 Å². The molecule has 2 heterocycles. The quantitative estimate of drug-likeness (QED) is 0.749. The Morgan fingerprint density at radius 1 is 1.31 bits per heavy atom. The molecule has 16 heavy (non-hydrogen) atoms. The zero-order valence-electron chi connectivity index (χ0n) is 8.13. The summed E-state index contributed by atoms with van der Waals surface area (Å²) in [6.07, 6.45) is 4.39. The van der Waals surface area contributed by atoms with Crippen molar-refractivity contribution in [3.05, 3.63) is 53.6 Å². The Balaban J connectivity index is 2.14. The smallest absolute Gasteiger partial charge is 0.362 e. The van der Waals surface area contributed by atoms with E-state index in [0.29, 0.717) is 10.8 Å². The predicted octanol–water partition coefficient (Wildman–Crippen LogP) is 2.35. The van der Waals surface area contributed by atoms with Crippen molar-refractivity contribution < 1.29 is 9.53 Å². The van der Waals surface area contributed by atoms with Crippen LogP contribution >= 0.6 is 11.6 Å². The summed E-state index contributed by atoms with van der Waals surface area (Å²) in [5.74, 6) is -0.243. The summed E-state index contributed by atoms with van der Waals surface area (Å²) in [7, 11) is 0. The van der Waals surface area contributed by atoms with E-state index in [2.05, 4.69) is 9.97 Å². The molecule has 0 unspecified atom stereocenters. The number of hydrogen-bond donors (Lipinski definition) is 0. The van der Waals surface area contributed by atoms with Gasteiger partial charge in [-0.2, -0.15) is 0 Å². The Morgan fingerprint density at radius 2 is 2.19 bits per heavy atom. The molecular formula is C11H7ClN2O2. The van der Waals surface area contributed by atoms with Gasteiger partial charge in [-0.25, -0.2) is 9.78 Å². The number of rotatable bonds is 2. The van der Waals surface area contributed by atoms with Crippen LogP contribution in [0.3, 0.4) is 0 Å². The van der Waals surface area contributed by atoms with E-state index in [-0.39, 0.29) is 5.69 Å². The van der Waals surface area contributed by atoms with E-state index in [1.54, 1.807) is 18.2 Å². The van der Waals surface area contributed by atoms with E-state index >= 15 is 0 Å². The molecule has 0 fully saturated rings. The molecule has 0 saturated carbocycles. The van der Waals surface area contributed by atoms with Crippen molar-refractivity contribution in [2.45, 2.75) is 0 Å². The Hall–Kier alpha value is -1.94. The summed E-state index contributed by atoms with van der Waals surface area (Å²) < 4.78 is 5.03. The van der Waals surface area contributed by atoms with Crippen molar-refractivity contribution in [1.82, 2.24) is 9.97 Å². The highest BCUT2D eigenvalue weighted by Crippen LogP contribution is 2.16. The predicted molar refractivity (Wildman–Crippen MR) is 58.4 cm³/mol. The molecule has 0 spiro atoms. The highest BCUT2D eigenvalue weighted by atomic mass is 35.5. The highest BCUT2D eigenvalue weighted by Gasteiger charge is 2.09. The number of nitrogens with zero attached hydrogens (tertiary/aromatic N) is 2. The second-order valence-corrected chi connectivity index (χ2v) is 3.38. The molecule has 2 aromatic heterocycles. The molecule has 0 aromatic carbocycles. The maximum absolute atomic E-state index is 11.6. The molecule has 0 radical (unpaired) electrons. The van der Waals surface area contributed by atoms with E-state index in [1.165, 1.54) is 24.7 Å². The summed E-state index contributed by atoms with van der Waals surface area (Å²) in [6, 6.07) is 6.51. The van der Waals surface area contributed by atoms with Gasteiger partial charge in [0.05, 0.1) is 11.2 Å². The normalized spacial score (nSPS) is 9.81. The molecule has 0 amide bonds. The lowest BCUT2D eigenvalue weighted by atomic mass is 10.3. The summed E-state index contributed by atoms with van der Waals surface area (Å²) >= 11 is 5.70. The van der Waals surface area contributed by atoms with Crippen molar-refractivity contribution in [2.24, 2.45) is 0 Å². The third-order valence-electron chi connectivity index (χ3n) is 1.76. The van der Waals surface area contributed by atoms with Crippen molar-refractivity contribution in [3.8, 4) is 5.75 Å². The SMILES string of the molecule is O=C(Oc1cncc(Cl)c1)c1ccccn1. The molecule has 0 aliphatic rings. The number of ether oxygens (including phenoxy) is 1. The van der Waals surface area contributed by atoms with E-state index in [0.717, 1.165) is 0 Å². The van der Waals surface area contributed by atoms with Gasteiger partial charge in [0.1, 0.15) is 5.69 Å². The molecule has 80 valence electrons. The van der Waals surface area contributed by atoms with Gasteiger partial charge in [-0.3, -0.25) is 4.98 Å². The van der Waals surface area contributed by atoms with E-state index < -0.39 is 5.97 Å². The Morgan fingerprint density at radius 3 is 2.88 bits per heavy atom. The van der Waals surface area contributed by atoms with Gasteiger partial charge in [-0.15, -0.1) is 0 Å². The Kier molecular flexibility index (Phi) is 3.12. The fraction of sp³-hybridized carbons (Fsp3) is 0. The lowest BCUT2D eigenvalue weighted by Gasteiger charge is -2.02. The van der Waals surface area contributed by atoms with E-state index in [9.17, 15) is 4.79 Å². The molecule has 4 nitrogen and oxygen atoms in total. The van der Waals surface area contributed by atoms with Crippen LogP contribution in [0.4, 0.5) is 0 Å². The van der Waals surface area contributed by atoms with Crippen LogP contribution < -0.4 is 4.74 Å². The van der Waals surface area contributed by atoms with Gasteiger partial charge in [0.15, 0.2) is 5.75 Å². The van der Waals surface area contributed by atoms with Crippen LogP contribution in [-0.4, -0.2) is 15.9 Å². The third kappa shape index (κ3) is 2.55. The second-order valence-electron chi connectivity index (χ2n) is 2.94. The first kappa shape index (κ1) is 10.6. The molecule has 0 atom stereocenters. The molecule has 0 bridgehead atoms. The summed E-state index contributed by atoms with van der Waals surface area (Å²) in [5, 5.41) is 0.409. The van der Waals surface area contributed by atoms with Crippen molar-refractivity contribution in [2.75, 3.05) is 0 Å². The van der Waals surface area contributed by atoms with Gasteiger partial charge in [0.25, 0.3) is 0 Å². The highest BCUT2D eigenvalue weighted by molar-refractivity contribution is 6.30. The average Bonchev–Trinajstić information content (AvgIpc) is 2.30. The second kappa shape index (κ2) is 4.72. The molecule has 0 N–H and O–H groups in total. The number of pyridine rings is 2. The maximum atomic E-state index is 11.6. The van der Waals surface area contributed by atoms with Gasteiger partial charge in [-0.05, 0) is 12.1 Å². The lowest BCUT2D eigenvalue weighted by molar-refractivity contribution is 0.0728. The zero-order chi connectivity index (χ0) is 11.4. The van der Waals surface area contributed by atoms with Gasteiger partial charge in [0.2, 0.25) is 0 Å². The fourth-order valence-electron chi connectivity index (χ4n) is 1.09. The molecule has 0 aliphatic carbocycles. The molecule has 0 saturated heterocycles. The van der Waals surface area contributed by atoms with Crippen molar-refractivity contribution in [3.63, 3.8) is 0 Å². The van der Waals surface area contributed by atoms with Crippen molar-refractivity contribution >= 4 is 17.6 Å². The first-order valence-corrected chi connectivity index (χ1v) is 4.87. The number of halogens is 1. The largest absolute Gasteiger partial charge is 0.420 e. The topological polar surface area (TPSA) is 52.1 Å². The van der Waals surface area contributed by atoms with Gasteiger partial charge in [-0.1, -0.05) is 17.7 Å². The van der Waals surface area contributed by atoms with Gasteiger partial charge in [0, 0.05) is 18.5 Å². The van der Waals surface area contributed by atoms with E-state index in [1.807, 2.05) is 0 Å². The van der Waals surface area contributed by atoms with Crippen LogP contribution in [0.1, 0.15) is 10.5 Å². The van der Waals surface area contributed by atoms with Crippen LogP contribution in [0.15, 0.2) is 42.9 Å². The average molecular weight is 235 g/mol. The fourth-order valence-corrected chi connectivity index (χ4v) is 1.25. The minimum Gasteiger partial charge on any atom is -0.420 e. The first-order chi connectivity index (χ1) is 7.75. The van der Waals surface area contributed by atoms with Gasteiger partial charge < -0.3 is 4.74 Å². The van der Waals surface area contributed by atoms with Crippen LogP contribution in [0.5, 0.6) is 5.75 Å². The van der Waals surface area contributed by atoms with Crippen LogP contribution in [0.25, 0.3) is 0 Å². The standard InChI is InChI=1S/C11H7ClN2O2/c12-8-5-9(7-13-6-8)16-11(15)10-3-1-2-4-14-10/h1-7H. The van der Waals surface area contributed by atoms with Crippen LogP contribution in [-0.2, 0) is 0 Å². The van der Waals surface area contributed by atoms with Crippen LogP contribution in [0.2, 0.25) is 5.02 Å². The molecule has 2 aromatic rings. The van der Waals surface area contributed by atoms with Gasteiger partial charge >= 0.3 is 5.97 Å². The third-order valence-corrected chi connectivity index (χ3v) is 1.97. The number of esters is 1. The minimum atomic E-state index is -0.537. The minimum absolute atomic E-state index is 0.238. The number of aromatic nitrogens is 2. The summed E-state index contributed by atoms with van der Waals surface area (Å²) in [5.41, 5.74) is 0.238. The molecule has 0 aliphatic heterocycles. The molecule has 2 rings (SSSR count). The Bertz CT molecular complexity index is 502. The number of carbonyl (C=O) groups is 1. The van der Waals surface area contributed by atoms with Crippen molar-refractivity contribution in [1.29, 1.82) is 0 Å². The zero-order valence-corrected chi connectivity index (χ0v) is 8.89.